The van der Waals surface area contributed by atoms with Gasteiger partial charge in [0.05, 0.1) is 6.61 Å². The Labute approximate surface area is 207 Å². The fourth-order valence-electron chi connectivity index (χ4n) is 5.64. The second-order valence-electron chi connectivity index (χ2n) is 9.94. The van der Waals surface area contributed by atoms with Gasteiger partial charge in [0, 0.05) is 32.1 Å². The number of thiophene rings is 1. The van der Waals surface area contributed by atoms with Crippen molar-refractivity contribution in [3.63, 3.8) is 0 Å². The molecule has 0 bridgehead atoms. The van der Waals surface area contributed by atoms with E-state index in [4.69, 9.17) is 4.74 Å². The number of piperidine rings is 1. The van der Waals surface area contributed by atoms with E-state index in [-0.39, 0.29) is 5.82 Å². The van der Waals surface area contributed by atoms with Crippen molar-refractivity contribution < 1.29 is 9.13 Å². The Hall–Kier alpha value is -2.21. The van der Waals surface area contributed by atoms with Gasteiger partial charge in [-0.2, -0.15) is 11.3 Å². The van der Waals surface area contributed by atoms with Crippen LogP contribution in [-0.4, -0.2) is 49.1 Å². The molecule has 3 heterocycles. The highest BCUT2D eigenvalue weighted by atomic mass is 32.1. The van der Waals surface area contributed by atoms with Gasteiger partial charge >= 0.3 is 0 Å². The van der Waals surface area contributed by atoms with Gasteiger partial charge in [0.1, 0.15) is 11.6 Å². The van der Waals surface area contributed by atoms with E-state index in [0.29, 0.717) is 18.4 Å². The fourth-order valence-corrected chi connectivity index (χ4v) is 6.37. The Bertz CT molecular complexity index is 987. The molecule has 2 atom stereocenters. The van der Waals surface area contributed by atoms with Crippen molar-refractivity contribution in [2.75, 3.05) is 39.3 Å². The number of nitrogens with zero attached hydrogens (tertiary/aromatic N) is 2. The van der Waals surface area contributed by atoms with E-state index in [0.717, 1.165) is 31.2 Å². The molecule has 0 amide bonds. The Morgan fingerprint density at radius 3 is 2.44 bits per heavy atom. The summed E-state index contributed by atoms with van der Waals surface area (Å²) in [6.45, 7) is 7.68. The van der Waals surface area contributed by atoms with Crippen LogP contribution < -0.4 is 4.74 Å². The van der Waals surface area contributed by atoms with Gasteiger partial charge in [-0.25, -0.2) is 4.39 Å². The van der Waals surface area contributed by atoms with Crippen LogP contribution in [0.25, 0.3) is 0 Å². The summed E-state index contributed by atoms with van der Waals surface area (Å²) in [5, 5.41) is 4.59. The normalized spacial score (nSPS) is 22.3. The van der Waals surface area contributed by atoms with Crippen molar-refractivity contribution >= 4 is 11.3 Å². The van der Waals surface area contributed by atoms with Gasteiger partial charge in [-0.15, -0.1) is 0 Å². The highest BCUT2D eigenvalue weighted by Gasteiger charge is 2.35. The zero-order valence-electron chi connectivity index (χ0n) is 19.8. The first-order chi connectivity index (χ1) is 16.7. The number of rotatable bonds is 9. The zero-order valence-corrected chi connectivity index (χ0v) is 20.6. The molecule has 0 radical (unpaired) electrons. The second-order valence-corrected chi connectivity index (χ2v) is 10.7. The van der Waals surface area contributed by atoms with Crippen LogP contribution >= 0.6 is 11.3 Å². The van der Waals surface area contributed by atoms with Gasteiger partial charge in [-0.3, -0.25) is 4.90 Å². The third kappa shape index (κ3) is 6.26. The third-order valence-corrected chi connectivity index (χ3v) is 8.25. The monoisotopic (exact) mass is 478 g/mol. The molecule has 2 saturated heterocycles. The van der Waals surface area contributed by atoms with Gasteiger partial charge < -0.3 is 9.64 Å². The van der Waals surface area contributed by atoms with E-state index < -0.39 is 0 Å². The van der Waals surface area contributed by atoms with Gasteiger partial charge in [0.2, 0.25) is 0 Å². The molecule has 3 nitrogen and oxygen atoms in total. The van der Waals surface area contributed by atoms with Crippen LogP contribution in [-0.2, 0) is 6.54 Å². The topological polar surface area (TPSA) is 15.7 Å². The van der Waals surface area contributed by atoms with E-state index in [2.05, 4.69) is 57.0 Å². The van der Waals surface area contributed by atoms with Crippen LogP contribution in [0.5, 0.6) is 5.75 Å². The molecule has 5 rings (SSSR count). The smallest absolute Gasteiger partial charge is 0.123 e. The van der Waals surface area contributed by atoms with Crippen molar-refractivity contribution in [1.29, 1.82) is 0 Å². The van der Waals surface area contributed by atoms with Crippen LogP contribution in [0.1, 0.15) is 36.3 Å². The summed E-state index contributed by atoms with van der Waals surface area (Å²) in [5.41, 5.74) is 2.94. The maximum Gasteiger partial charge on any atom is 0.123 e. The molecule has 0 N–H and O–H groups in total. The first-order valence-electron chi connectivity index (χ1n) is 12.6. The van der Waals surface area contributed by atoms with Crippen LogP contribution in [0.3, 0.4) is 0 Å². The maximum atomic E-state index is 13.0. The molecule has 0 aliphatic carbocycles. The second kappa shape index (κ2) is 11.5. The number of halogens is 1. The van der Waals surface area contributed by atoms with Crippen LogP contribution in [0.2, 0.25) is 0 Å². The summed E-state index contributed by atoms with van der Waals surface area (Å²) in [5.74, 6) is 2.60. The molecule has 0 spiro atoms. The average Bonchev–Trinajstić information content (AvgIpc) is 3.52. The number of likely N-dealkylation sites (tertiary alicyclic amines) is 2. The summed E-state index contributed by atoms with van der Waals surface area (Å²) >= 11 is 1.82. The quantitative estimate of drug-likeness (QED) is 0.360. The standard InChI is InChI=1S/C29H35FN2OS/c30-27-6-8-28(9-7-27)33-16-12-23-10-14-31(15-11-23)19-26-20-32(18-24-4-2-1-3-5-24)21-29(26)25-13-17-34-22-25/h1-9,13,17,22-23,26,29H,10-12,14-16,18-21H2/t26-,29+/m1/s1. The Kier molecular flexibility index (Phi) is 7.94. The highest BCUT2D eigenvalue weighted by Crippen LogP contribution is 2.36. The summed E-state index contributed by atoms with van der Waals surface area (Å²) in [4.78, 5) is 5.36. The minimum absolute atomic E-state index is 0.216. The van der Waals surface area contributed by atoms with Gasteiger partial charge in [0.25, 0.3) is 0 Å². The molecule has 0 unspecified atom stereocenters. The molecule has 0 saturated carbocycles. The van der Waals surface area contributed by atoms with Gasteiger partial charge in [0.15, 0.2) is 0 Å². The summed E-state index contributed by atoms with van der Waals surface area (Å²) in [6, 6.07) is 19.6. The van der Waals surface area contributed by atoms with Crippen molar-refractivity contribution in [1.82, 2.24) is 9.80 Å². The van der Waals surface area contributed by atoms with Crippen molar-refractivity contribution in [2.24, 2.45) is 11.8 Å². The number of ether oxygens (including phenoxy) is 1. The van der Waals surface area contributed by atoms with Crippen molar-refractivity contribution in [3.05, 3.63) is 88.4 Å². The van der Waals surface area contributed by atoms with Crippen molar-refractivity contribution in [2.45, 2.75) is 31.7 Å². The largest absolute Gasteiger partial charge is 0.494 e. The molecule has 2 aliphatic heterocycles. The predicted octanol–water partition coefficient (Wildman–Crippen LogP) is 6.28. The number of hydrogen-bond acceptors (Lipinski definition) is 4. The SMILES string of the molecule is Fc1ccc(OCCC2CCN(C[C@@H]3CN(Cc4ccccc4)C[C@H]3c3ccsc3)CC2)cc1. The predicted molar refractivity (Wildman–Crippen MR) is 138 cm³/mol. The third-order valence-electron chi connectivity index (χ3n) is 7.55. The summed E-state index contributed by atoms with van der Waals surface area (Å²) in [6.07, 6.45) is 3.57. The summed E-state index contributed by atoms with van der Waals surface area (Å²) < 4.78 is 18.9. The van der Waals surface area contributed by atoms with E-state index in [1.165, 1.54) is 62.3 Å². The van der Waals surface area contributed by atoms with Crippen LogP contribution in [0, 0.1) is 17.7 Å². The fraction of sp³-hybridized carbons (Fsp3) is 0.448. The van der Waals surface area contributed by atoms with Gasteiger partial charge in [-0.05, 0) is 96.4 Å². The lowest BCUT2D eigenvalue weighted by atomic mass is 9.88. The van der Waals surface area contributed by atoms with E-state index in [1.54, 1.807) is 12.1 Å². The lowest BCUT2D eigenvalue weighted by Crippen LogP contribution is -2.39. The zero-order chi connectivity index (χ0) is 23.2. The minimum atomic E-state index is -0.216. The van der Waals surface area contributed by atoms with E-state index in [1.807, 2.05) is 11.3 Å². The van der Waals surface area contributed by atoms with Crippen LogP contribution in [0.4, 0.5) is 4.39 Å². The first kappa shape index (κ1) is 23.5. The number of benzene rings is 2. The van der Waals surface area contributed by atoms with E-state index in [9.17, 15) is 4.39 Å². The van der Waals surface area contributed by atoms with Crippen molar-refractivity contribution in [3.8, 4) is 5.75 Å². The lowest BCUT2D eigenvalue weighted by Gasteiger charge is -2.34. The lowest BCUT2D eigenvalue weighted by molar-refractivity contribution is 0.142. The molecule has 2 fully saturated rings. The summed E-state index contributed by atoms with van der Waals surface area (Å²) in [7, 11) is 0. The molecule has 2 aromatic carbocycles. The molecule has 5 heteroatoms. The molecular formula is C29H35FN2OS. The first-order valence-corrected chi connectivity index (χ1v) is 13.6. The Morgan fingerprint density at radius 2 is 1.71 bits per heavy atom. The molecular weight excluding hydrogens is 443 g/mol. The Balaban J connectivity index is 1.10. The average molecular weight is 479 g/mol. The van der Waals surface area contributed by atoms with Gasteiger partial charge in [-0.1, -0.05) is 30.3 Å². The minimum Gasteiger partial charge on any atom is -0.494 e. The molecule has 2 aliphatic rings. The molecule has 1 aromatic heterocycles. The molecule has 34 heavy (non-hydrogen) atoms. The highest BCUT2D eigenvalue weighted by molar-refractivity contribution is 7.08. The number of hydrogen-bond donors (Lipinski definition) is 0. The maximum absolute atomic E-state index is 13.0. The molecule has 180 valence electrons. The van der Waals surface area contributed by atoms with Crippen LogP contribution in [0.15, 0.2) is 71.4 Å². The van der Waals surface area contributed by atoms with E-state index >= 15 is 0 Å². The molecule has 3 aromatic rings. The Morgan fingerprint density at radius 1 is 0.912 bits per heavy atom.